The van der Waals surface area contributed by atoms with Gasteiger partial charge in [0.2, 0.25) is 0 Å². The molecule has 1 N–H and O–H groups in total. The van der Waals surface area contributed by atoms with Crippen LogP contribution in [0.1, 0.15) is 38.2 Å². The zero-order valence-corrected chi connectivity index (χ0v) is 19.0. The molecular formula is C24H30BrNO4. The van der Waals surface area contributed by atoms with E-state index in [1.54, 1.807) is 0 Å². The molecule has 30 heavy (non-hydrogen) atoms. The van der Waals surface area contributed by atoms with Gasteiger partial charge in [0, 0.05) is 22.7 Å². The Balaban J connectivity index is 1.33. The third kappa shape index (κ3) is 7.74. The van der Waals surface area contributed by atoms with Gasteiger partial charge in [0.25, 0.3) is 0 Å². The molecule has 1 aliphatic rings. The molecule has 1 saturated heterocycles. The smallest absolute Gasteiger partial charge is 0.411 e. The van der Waals surface area contributed by atoms with E-state index in [4.69, 9.17) is 14.2 Å². The first kappa shape index (κ1) is 22.8. The molecule has 1 aliphatic heterocycles. The number of carbonyl (C=O) groups excluding carboxylic acids is 1. The van der Waals surface area contributed by atoms with E-state index in [0.29, 0.717) is 25.5 Å². The second kappa shape index (κ2) is 12.1. The highest BCUT2D eigenvalue weighted by Gasteiger charge is 2.27. The average Bonchev–Trinajstić information content (AvgIpc) is 2.77. The van der Waals surface area contributed by atoms with Gasteiger partial charge in [0.05, 0.1) is 25.4 Å². The number of hydrogen-bond acceptors (Lipinski definition) is 4. The number of ether oxygens (including phenoxy) is 3. The fraction of sp³-hybridized carbons (Fsp3) is 0.458. The molecule has 5 nitrogen and oxygen atoms in total. The van der Waals surface area contributed by atoms with E-state index >= 15 is 0 Å². The standard InChI is InChI=1S/C24H30BrNO4/c1-18(16-29-24(27)26-21-12-10-20(25)11-13-21)23-9-5-8-22(30-23)14-15-28-17-19-6-3-2-4-7-19/h2-4,6-7,10-13,18,22-23H,5,8-9,14-17H2,1H3,(H,26,27)/t18-,22+,23+/m1/s1. The van der Waals surface area contributed by atoms with E-state index in [1.165, 1.54) is 5.56 Å². The lowest BCUT2D eigenvalue weighted by atomic mass is 9.94. The third-order valence-electron chi connectivity index (χ3n) is 5.28. The molecule has 0 bridgehead atoms. The molecule has 0 aromatic heterocycles. The van der Waals surface area contributed by atoms with Gasteiger partial charge < -0.3 is 14.2 Å². The van der Waals surface area contributed by atoms with Crippen molar-refractivity contribution in [3.63, 3.8) is 0 Å². The first-order valence-corrected chi connectivity index (χ1v) is 11.4. The first-order valence-electron chi connectivity index (χ1n) is 10.6. The van der Waals surface area contributed by atoms with Gasteiger partial charge in [-0.05, 0) is 55.5 Å². The first-order chi connectivity index (χ1) is 14.6. The van der Waals surface area contributed by atoms with Crippen molar-refractivity contribution < 1.29 is 19.0 Å². The highest BCUT2D eigenvalue weighted by atomic mass is 79.9. The predicted octanol–water partition coefficient (Wildman–Crippen LogP) is 6.18. The van der Waals surface area contributed by atoms with Crippen LogP contribution in [-0.4, -0.2) is 31.5 Å². The van der Waals surface area contributed by atoms with Crippen LogP contribution in [0.2, 0.25) is 0 Å². The zero-order chi connectivity index (χ0) is 21.2. The maximum absolute atomic E-state index is 12.0. The highest BCUT2D eigenvalue weighted by molar-refractivity contribution is 9.10. The van der Waals surface area contributed by atoms with Crippen LogP contribution < -0.4 is 5.32 Å². The van der Waals surface area contributed by atoms with Crippen LogP contribution in [0.3, 0.4) is 0 Å². The molecule has 1 heterocycles. The van der Waals surface area contributed by atoms with Crippen molar-refractivity contribution in [1.29, 1.82) is 0 Å². The second-order valence-corrected chi connectivity index (χ2v) is 8.68. The molecule has 2 aromatic rings. The van der Waals surface area contributed by atoms with Gasteiger partial charge in [-0.3, -0.25) is 5.32 Å². The molecule has 3 rings (SSSR count). The van der Waals surface area contributed by atoms with Crippen molar-refractivity contribution in [3.8, 4) is 0 Å². The maximum atomic E-state index is 12.0. The number of benzene rings is 2. The number of carbonyl (C=O) groups is 1. The Bertz CT molecular complexity index is 769. The van der Waals surface area contributed by atoms with Gasteiger partial charge in [0.15, 0.2) is 0 Å². The summed E-state index contributed by atoms with van der Waals surface area (Å²) in [7, 11) is 0. The monoisotopic (exact) mass is 475 g/mol. The van der Waals surface area contributed by atoms with Gasteiger partial charge in [0.1, 0.15) is 0 Å². The van der Waals surface area contributed by atoms with Crippen LogP contribution in [0.15, 0.2) is 59.1 Å². The number of amides is 1. The molecule has 6 heteroatoms. The Morgan fingerprint density at radius 1 is 1.17 bits per heavy atom. The summed E-state index contributed by atoms with van der Waals surface area (Å²) in [6, 6.07) is 17.6. The molecule has 162 valence electrons. The summed E-state index contributed by atoms with van der Waals surface area (Å²) in [6.45, 7) is 3.73. The number of halogens is 1. The number of hydrogen-bond donors (Lipinski definition) is 1. The molecule has 0 saturated carbocycles. The summed E-state index contributed by atoms with van der Waals surface area (Å²) in [5.41, 5.74) is 1.90. The van der Waals surface area contributed by atoms with Gasteiger partial charge in [-0.15, -0.1) is 0 Å². The summed E-state index contributed by atoms with van der Waals surface area (Å²) in [5.74, 6) is 0.147. The minimum atomic E-state index is -0.439. The molecule has 0 radical (unpaired) electrons. The van der Waals surface area contributed by atoms with Crippen molar-refractivity contribution in [2.75, 3.05) is 18.5 Å². The van der Waals surface area contributed by atoms with E-state index in [1.807, 2.05) is 42.5 Å². The topological polar surface area (TPSA) is 56.8 Å². The molecule has 0 aliphatic carbocycles. The van der Waals surface area contributed by atoms with E-state index in [-0.39, 0.29) is 18.1 Å². The zero-order valence-electron chi connectivity index (χ0n) is 17.4. The fourth-order valence-corrected chi connectivity index (χ4v) is 3.81. The van der Waals surface area contributed by atoms with Crippen LogP contribution in [-0.2, 0) is 20.8 Å². The van der Waals surface area contributed by atoms with Crippen LogP contribution >= 0.6 is 15.9 Å². The Morgan fingerprint density at radius 3 is 2.70 bits per heavy atom. The molecule has 0 spiro atoms. The minimum Gasteiger partial charge on any atom is -0.449 e. The quantitative estimate of drug-likeness (QED) is 0.440. The van der Waals surface area contributed by atoms with Crippen LogP contribution in [0.4, 0.5) is 10.5 Å². The van der Waals surface area contributed by atoms with Gasteiger partial charge in [-0.2, -0.15) is 0 Å². The lowest BCUT2D eigenvalue weighted by Gasteiger charge is -2.33. The number of anilines is 1. The lowest BCUT2D eigenvalue weighted by molar-refractivity contribution is -0.0923. The molecule has 3 atom stereocenters. The van der Waals surface area contributed by atoms with E-state index in [0.717, 1.165) is 30.2 Å². The predicted molar refractivity (Wildman–Crippen MR) is 122 cm³/mol. The molecule has 0 unspecified atom stereocenters. The molecule has 2 aromatic carbocycles. The summed E-state index contributed by atoms with van der Waals surface area (Å²) in [6.07, 6.45) is 3.95. The van der Waals surface area contributed by atoms with Crippen LogP contribution in [0.25, 0.3) is 0 Å². The normalized spacial score (nSPS) is 19.8. The van der Waals surface area contributed by atoms with Crippen molar-refractivity contribution in [1.82, 2.24) is 0 Å². The fourth-order valence-electron chi connectivity index (χ4n) is 3.54. The largest absolute Gasteiger partial charge is 0.449 e. The highest BCUT2D eigenvalue weighted by Crippen LogP contribution is 2.26. The van der Waals surface area contributed by atoms with E-state index in [9.17, 15) is 4.79 Å². The van der Waals surface area contributed by atoms with Crippen molar-refractivity contribution in [2.24, 2.45) is 5.92 Å². The SMILES string of the molecule is C[C@H](COC(=O)Nc1ccc(Br)cc1)[C@@H]1CCC[C@@H](CCOCc2ccccc2)O1. The lowest BCUT2D eigenvalue weighted by Crippen LogP contribution is -2.35. The summed E-state index contributed by atoms with van der Waals surface area (Å²) < 4.78 is 18.4. The van der Waals surface area contributed by atoms with Crippen molar-refractivity contribution >= 4 is 27.7 Å². The van der Waals surface area contributed by atoms with Gasteiger partial charge in [-0.25, -0.2) is 4.79 Å². The maximum Gasteiger partial charge on any atom is 0.411 e. The molecule has 1 fully saturated rings. The van der Waals surface area contributed by atoms with E-state index < -0.39 is 6.09 Å². The Hall–Kier alpha value is -1.89. The number of nitrogens with one attached hydrogen (secondary N) is 1. The Kier molecular flexibility index (Phi) is 9.18. The van der Waals surface area contributed by atoms with Gasteiger partial charge in [-0.1, -0.05) is 53.2 Å². The minimum absolute atomic E-state index is 0.110. The Labute approximate surface area is 187 Å². The van der Waals surface area contributed by atoms with Gasteiger partial charge >= 0.3 is 6.09 Å². The summed E-state index contributed by atoms with van der Waals surface area (Å²) in [5, 5.41) is 2.74. The van der Waals surface area contributed by atoms with Crippen LogP contribution in [0.5, 0.6) is 0 Å². The second-order valence-electron chi connectivity index (χ2n) is 7.76. The summed E-state index contributed by atoms with van der Waals surface area (Å²) in [4.78, 5) is 12.0. The molecule has 1 amide bonds. The Morgan fingerprint density at radius 2 is 1.93 bits per heavy atom. The number of rotatable bonds is 9. The van der Waals surface area contributed by atoms with E-state index in [2.05, 4.69) is 40.3 Å². The van der Waals surface area contributed by atoms with Crippen LogP contribution in [0, 0.1) is 5.92 Å². The average molecular weight is 476 g/mol. The summed E-state index contributed by atoms with van der Waals surface area (Å²) >= 11 is 3.37. The van der Waals surface area contributed by atoms with Crippen molar-refractivity contribution in [2.45, 2.75) is 51.4 Å². The third-order valence-corrected chi connectivity index (χ3v) is 5.81. The molecular weight excluding hydrogens is 446 g/mol. The van der Waals surface area contributed by atoms with Crippen molar-refractivity contribution in [3.05, 3.63) is 64.6 Å².